The maximum atomic E-state index is 12.3. The summed E-state index contributed by atoms with van der Waals surface area (Å²) >= 11 is 0. The van der Waals surface area contributed by atoms with Gasteiger partial charge in [-0.2, -0.15) is 4.98 Å². The minimum absolute atomic E-state index is 0.0804. The van der Waals surface area contributed by atoms with Crippen LogP contribution in [0.4, 0.5) is 0 Å². The molecule has 1 amide bonds. The lowest BCUT2D eigenvalue weighted by molar-refractivity contribution is -0.122. The molecular weight excluding hydrogens is 316 g/mol. The van der Waals surface area contributed by atoms with Gasteiger partial charge in [0.05, 0.1) is 0 Å². The number of benzene rings is 1. The first kappa shape index (κ1) is 16.3. The van der Waals surface area contributed by atoms with Crippen LogP contribution in [0.15, 0.2) is 34.9 Å². The average Bonchev–Trinajstić information content (AvgIpc) is 3.28. The normalized spacial score (nSPS) is 23.4. The highest BCUT2D eigenvalue weighted by atomic mass is 16.5. The standard InChI is InChI=1S/C19H24N4O2/c24-17(20-15-11-13-23-12-5-4-8-16(15)23)9-10-18-21-19(22-25-18)14-6-2-1-3-7-14/h1-3,6-7,15-16H,4-5,8-13H2,(H,20,24)/t15-,16-/m0/s1. The van der Waals surface area contributed by atoms with Crippen LogP contribution in [0.1, 0.15) is 38.0 Å². The van der Waals surface area contributed by atoms with E-state index in [1.165, 1.54) is 25.8 Å². The summed E-state index contributed by atoms with van der Waals surface area (Å²) in [5.41, 5.74) is 0.922. The molecule has 0 saturated carbocycles. The van der Waals surface area contributed by atoms with Crippen molar-refractivity contribution < 1.29 is 9.32 Å². The molecule has 0 aliphatic carbocycles. The van der Waals surface area contributed by atoms with E-state index in [2.05, 4.69) is 20.4 Å². The number of carbonyl (C=O) groups is 1. The molecule has 2 fully saturated rings. The Morgan fingerprint density at radius 1 is 1.20 bits per heavy atom. The molecule has 2 aliphatic heterocycles. The monoisotopic (exact) mass is 340 g/mol. The first-order chi connectivity index (χ1) is 12.3. The summed E-state index contributed by atoms with van der Waals surface area (Å²) in [5.74, 6) is 1.17. The number of fused-ring (bicyclic) bond motifs is 1. The van der Waals surface area contributed by atoms with Gasteiger partial charge in [0.15, 0.2) is 0 Å². The average molecular weight is 340 g/mol. The van der Waals surface area contributed by atoms with Crippen LogP contribution in [-0.4, -0.2) is 46.1 Å². The first-order valence-electron chi connectivity index (χ1n) is 9.21. The summed E-state index contributed by atoms with van der Waals surface area (Å²) in [7, 11) is 0. The number of aromatic nitrogens is 2. The summed E-state index contributed by atoms with van der Waals surface area (Å²) in [6, 6.07) is 10.5. The number of hydrogen-bond acceptors (Lipinski definition) is 5. The molecule has 6 nitrogen and oxygen atoms in total. The molecule has 3 heterocycles. The van der Waals surface area contributed by atoms with Crippen molar-refractivity contribution in [2.45, 2.75) is 50.6 Å². The summed E-state index contributed by atoms with van der Waals surface area (Å²) < 4.78 is 5.28. The van der Waals surface area contributed by atoms with Gasteiger partial charge in [-0.1, -0.05) is 41.9 Å². The van der Waals surface area contributed by atoms with Crippen LogP contribution in [0.2, 0.25) is 0 Å². The Labute approximate surface area is 147 Å². The molecule has 2 aliphatic rings. The second kappa shape index (κ2) is 7.35. The molecule has 132 valence electrons. The van der Waals surface area contributed by atoms with Gasteiger partial charge in [0.1, 0.15) is 0 Å². The van der Waals surface area contributed by atoms with Crippen molar-refractivity contribution in [2.75, 3.05) is 13.1 Å². The van der Waals surface area contributed by atoms with E-state index >= 15 is 0 Å². The molecule has 1 aromatic carbocycles. The van der Waals surface area contributed by atoms with E-state index < -0.39 is 0 Å². The molecular formula is C19H24N4O2. The fourth-order valence-corrected chi connectivity index (χ4v) is 3.98. The fraction of sp³-hybridized carbons (Fsp3) is 0.526. The van der Waals surface area contributed by atoms with Gasteiger partial charge in [-0.25, -0.2) is 0 Å². The van der Waals surface area contributed by atoms with Gasteiger partial charge < -0.3 is 9.84 Å². The van der Waals surface area contributed by atoms with Crippen molar-refractivity contribution in [3.63, 3.8) is 0 Å². The van der Waals surface area contributed by atoms with Gasteiger partial charge in [0.25, 0.3) is 0 Å². The summed E-state index contributed by atoms with van der Waals surface area (Å²) in [5, 5.41) is 7.21. The molecule has 2 atom stereocenters. The molecule has 0 bridgehead atoms. The zero-order valence-electron chi connectivity index (χ0n) is 14.4. The number of aryl methyl sites for hydroxylation is 1. The van der Waals surface area contributed by atoms with Crippen LogP contribution in [0.5, 0.6) is 0 Å². The smallest absolute Gasteiger partial charge is 0.227 e. The number of amides is 1. The Morgan fingerprint density at radius 3 is 2.96 bits per heavy atom. The minimum atomic E-state index is 0.0804. The van der Waals surface area contributed by atoms with Gasteiger partial charge in [-0.05, 0) is 25.8 Å². The van der Waals surface area contributed by atoms with Crippen LogP contribution in [0.3, 0.4) is 0 Å². The molecule has 0 radical (unpaired) electrons. The lowest BCUT2D eigenvalue weighted by atomic mass is 9.99. The van der Waals surface area contributed by atoms with Crippen molar-refractivity contribution in [2.24, 2.45) is 0 Å². The van der Waals surface area contributed by atoms with E-state index in [4.69, 9.17) is 4.52 Å². The van der Waals surface area contributed by atoms with Crippen LogP contribution in [0, 0.1) is 0 Å². The Kier molecular flexibility index (Phi) is 4.78. The SMILES string of the molecule is O=C(CCc1nc(-c2ccccc2)no1)N[C@H]1CCN2CCCC[C@@H]12. The van der Waals surface area contributed by atoms with Gasteiger partial charge in [0, 0.05) is 37.0 Å². The van der Waals surface area contributed by atoms with E-state index in [0.29, 0.717) is 36.6 Å². The van der Waals surface area contributed by atoms with Crippen molar-refractivity contribution in [1.29, 1.82) is 0 Å². The lowest BCUT2D eigenvalue weighted by Gasteiger charge is -2.32. The first-order valence-corrected chi connectivity index (χ1v) is 9.21. The predicted molar refractivity (Wildman–Crippen MR) is 93.8 cm³/mol. The Morgan fingerprint density at radius 2 is 2.08 bits per heavy atom. The predicted octanol–water partition coefficient (Wildman–Crippen LogP) is 2.41. The van der Waals surface area contributed by atoms with Crippen molar-refractivity contribution in [3.8, 4) is 11.4 Å². The quantitative estimate of drug-likeness (QED) is 0.905. The Hall–Kier alpha value is -2.21. The second-order valence-corrected chi connectivity index (χ2v) is 6.94. The van der Waals surface area contributed by atoms with Crippen molar-refractivity contribution >= 4 is 5.91 Å². The number of carbonyl (C=O) groups excluding carboxylic acids is 1. The van der Waals surface area contributed by atoms with E-state index in [1.54, 1.807) is 0 Å². The third kappa shape index (κ3) is 3.74. The highest BCUT2D eigenvalue weighted by Crippen LogP contribution is 2.27. The maximum absolute atomic E-state index is 12.3. The maximum Gasteiger partial charge on any atom is 0.227 e. The number of piperidine rings is 1. The topological polar surface area (TPSA) is 71.3 Å². The van der Waals surface area contributed by atoms with Crippen molar-refractivity contribution in [1.82, 2.24) is 20.4 Å². The second-order valence-electron chi connectivity index (χ2n) is 6.94. The number of nitrogens with one attached hydrogen (secondary N) is 1. The molecule has 1 N–H and O–H groups in total. The Bertz CT molecular complexity index is 715. The highest BCUT2D eigenvalue weighted by Gasteiger charge is 2.36. The van der Waals surface area contributed by atoms with Crippen LogP contribution in [0.25, 0.3) is 11.4 Å². The zero-order valence-corrected chi connectivity index (χ0v) is 14.4. The molecule has 1 aromatic heterocycles. The van der Waals surface area contributed by atoms with Crippen LogP contribution in [-0.2, 0) is 11.2 Å². The van der Waals surface area contributed by atoms with Gasteiger partial charge in [-0.3, -0.25) is 9.69 Å². The zero-order chi connectivity index (χ0) is 17.1. The van der Waals surface area contributed by atoms with E-state index in [9.17, 15) is 4.79 Å². The van der Waals surface area contributed by atoms with Gasteiger partial charge in [0.2, 0.25) is 17.6 Å². The summed E-state index contributed by atoms with van der Waals surface area (Å²) in [4.78, 5) is 19.2. The molecule has 6 heteroatoms. The molecule has 0 spiro atoms. The molecule has 4 rings (SSSR count). The number of hydrogen-bond donors (Lipinski definition) is 1. The largest absolute Gasteiger partial charge is 0.352 e. The van der Waals surface area contributed by atoms with E-state index in [-0.39, 0.29) is 5.91 Å². The van der Waals surface area contributed by atoms with Crippen LogP contribution >= 0.6 is 0 Å². The molecule has 2 aromatic rings. The Balaban J connectivity index is 1.28. The fourth-order valence-electron chi connectivity index (χ4n) is 3.98. The third-order valence-electron chi connectivity index (χ3n) is 5.27. The van der Waals surface area contributed by atoms with Crippen LogP contribution < -0.4 is 5.32 Å². The molecule has 2 saturated heterocycles. The number of rotatable bonds is 5. The molecule has 0 unspecified atom stereocenters. The van der Waals surface area contributed by atoms with Gasteiger partial charge in [-0.15, -0.1) is 0 Å². The minimum Gasteiger partial charge on any atom is -0.352 e. The van der Waals surface area contributed by atoms with Gasteiger partial charge >= 0.3 is 0 Å². The van der Waals surface area contributed by atoms with E-state index in [0.717, 1.165) is 18.5 Å². The van der Waals surface area contributed by atoms with Crippen molar-refractivity contribution in [3.05, 3.63) is 36.2 Å². The third-order valence-corrected chi connectivity index (χ3v) is 5.27. The summed E-state index contributed by atoms with van der Waals surface area (Å²) in [6.07, 6.45) is 5.70. The number of nitrogens with zero attached hydrogens (tertiary/aromatic N) is 3. The summed E-state index contributed by atoms with van der Waals surface area (Å²) in [6.45, 7) is 2.29. The van der Waals surface area contributed by atoms with E-state index in [1.807, 2.05) is 30.3 Å². The molecule has 25 heavy (non-hydrogen) atoms. The highest BCUT2D eigenvalue weighted by molar-refractivity contribution is 5.76. The lowest BCUT2D eigenvalue weighted by Crippen LogP contribution is -2.46.